The van der Waals surface area contributed by atoms with Crippen molar-refractivity contribution < 1.29 is 13.3 Å². The van der Waals surface area contributed by atoms with Crippen LogP contribution in [0.3, 0.4) is 0 Å². The highest BCUT2D eigenvalue weighted by molar-refractivity contribution is 9.10. The Morgan fingerprint density at radius 3 is 2.81 bits per heavy atom. The van der Waals surface area contributed by atoms with E-state index in [4.69, 9.17) is 10.5 Å². The van der Waals surface area contributed by atoms with Gasteiger partial charge in [-0.15, -0.1) is 0 Å². The van der Waals surface area contributed by atoms with E-state index in [1.54, 1.807) is 30.3 Å². The van der Waals surface area contributed by atoms with Crippen LogP contribution in [-0.4, -0.2) is 10.8 Å². The lowest BCUT2D eigenvalue weighted by molar-refractivity contribution is 0.339. The van der Waals surface area contributed by atoms with Crippen LogP contribution in [0.1, 0.15) is 12.5 Å². The standard InChI is InChI=1S/C15H15BrFNO2S/c1-2-20-11-6-7-13(18)14(8-11)21(19)9-10-4-3-5-12(17)15(10)16/h3-8H,2,9,18H2,1H3. The predicted molar refractivity (Wildman–Crippen MR) is 86.2 cm³/mol. The number of hydrogen-bond donors (Lipinski definition) is 1. The second kappa shape index (κ2) is 7.04. The van der Waals surface area contributed by atoms with Crippen LogP contribution in [0.5, 0.6) is 5.75 Å². The second-order valence-corrected chi connectivity index (χ2v) is 6.55. The molecule has 0 aromatic heterocycles. The van der Waals surface area contributed by atoms with Gasteiger partial charge in [-0.1, -0.05) is 12.1 Å². The molecule has 0 spiro atoms. The number of anilines is 1. The molecular weight excluding hydrogens is 357 g/mol. The molecule has 2 aromatic rings. The van der Waals surface area contributed by atoms with E-state index in [0.717, 1.165) is 0 Å². The first-order chi connectivity index (χ1) is 10.0. The zero-order valence-electron chi connectivity index (χ0n) is 11.4. The fourth-order valence-corrected chi connectivity index (χ4v) is 3.69. The summed E-state index contributed by atoms with van der Waals surface area (Å²) in [6.07, 6.45) is 0. The minimum atomic E-state index is -1.38. The van der Waals surface area contributed by atoms with E-state index in [2.05, 4.69) is 15.9 Å². The summed E-state index contributed by atoms with van der Waals surface area (Å²) >= 11 is 3.17. The molecule has 21 heavy (non-hydrogen) atoms. The van der Waals surface area contributed by atoms with Gasteiger partial charge in [-0.05, 0) is 52.7 Å². The molecule has 0 bridgehead atoms. The van der Waals surface area contributed by atoms with Gasteiger partial charge in [-0.3, -0.25) is 4.21 Å². The maximum atomic E-state index is 13.5. The molecule has 2 rings (SSSR count). The Labute approximate surface area is 133 Å². The molecule has 0 amide bonds. The Bertz CT molecular complexity index is 679. The van der Waals surface area contributed by atoms with Gasteiger partial charge in [0.1, 0.15) is 11.6 Å². The molecule has 2 aromatic carbocycles. The van der Waals surface area contributed by atoms with Gasteiger partial charge >= 0.3 is 0 Å². The van der Waals surface area contributed by atoms with Gasteiger partial charge in [-0.2, -0.15) is 0 Å². The Morgan fingerprint density at radius 1 is 1.33 bits per heavy atom. The molecule has 0 aliphatic carbocycles. The van der Waals surface area contributed by atoms with Crippen molar-refractivity contribution in [3.8, 4) is 5.75 Å². The molecule has 0 radical (unpaired) electrons. The molecule has 0 aliphatic rings. The Hall–Kier alpha value is -1.40. The molecule has 6 heteroatoms. The maximum absolute atomic E-state index is 13.5. The quantitative estimate of drug-likeness (QED) is 0.811. The first-order valence-electron chi connectivity index (χ1n) is 6.36. The van der Waals surface area contributed by atoms with Crippen LogP contribution >= 0.6 is 15.9 Å². The number of ether oxygens (including phenoxy) is 1. The van der Waals surface area contributed by atoms with E-state index in [9.17, 15) is 8.60 Å². The predicted octanol–water partition coefficient (Wildman–Crippen LogP) is 3.88. The molecule has 0 fully saturated rings. The van der Waals surface area contributed by atoms with Gasteiger partial charge in [0.2, 0.25) is 0 Å². The van der Waals surface area contributed by atoms with Crippen molar-refractivity contribution in [2.24, 2.45) is 0 Å². The van der Waals surface area contributed by atoms with E-state index in [1.807, 2.05) is 6.92 Å². The average Bonchev–Trinajstić information content (AvgIpc) is 2.46. The van der Waals surface area contributed by atoms with Crippen LogP contribution in [0, 0.1) is 5.82 Å². The highest BCUT2D eigenvalue weighted by atomic mass is 79.9. The summed E-state index contributed by atoms with van der Waals surface area (Å²) in [5, 5.41) is 0. The van der Waals surface area contributed by atoms with Crippen molar-refractivity contribution in [1.82, 2.24) is 0 Å². The van der Waals surface area contributed by atoms with E-state index in [-0.39, 0.29) is 11.6 Å². The van der Waals surface area contributed by atoms with Gasteiger partial charge in [0, 0.05) is 5.69 Å². The molecule has 0 aliphatic heterocycles. The summed E-state index contributed by atoms with van der Waals surface area (Å²) < 4.78 is 31.7. The third-order valence-corrected chi connectivity index (χ3v) is 5.16. The Morgan fingerprint density at radius 2 is 2.10 bits per heavy atom. The highest BCUT2D eigenvalue weighted by Crippen LogP contribution is 2.27. The number of rotatable bonds is 5. The monoisotopic (exact) mass is 371 g/mol. The van der Waals surface area contributed by atoms with Crippen LogP contribution in [0.2, 0.25) is 0 Å². The lowest BCUT2D eigenvalue weighted by Gasteiger charge is -2.10. The van der Waals surface area contributed by atoms with Crippen LogP contribution in [0.25, 0.3) is 0 Å². The Balaban J connectivity index is 2.28. The lowest BCUT2D eigenvalue weighted by Crippen LogP contribution is -2.03. The molecular formula is C15H15BrFNO2S. The number of halogens is 2. The van der Waals surface area contributed by atoms with Crippen molar-refractivity contribution in [3.05, 3.63) is 52.3 Å². The molecule has 1 unspecified atom stereocenters. The molecule has 0 heterocycles. The summed E-state index contributed by atoms with van der Waals surface area (Å²) in [5.41, 5.74) is 6.94. The minimum Gasteiger partial charge on any atom is -0.494 e. The average molecular weight is 372 g/mol. The summed E-state index contributed by atoms with van der Waals surface area (Å²) in [7, 11) is -1.38. The minimum absolute atomic E-state index is 0.179. The van der Waals surface area contributed by atoms with Gasteiger partial charge in [0.25, 0.3) is 0 Å². The number of nitrogens with two attached hydrogens (primary N) is 1. The molecule has 3 nitrogen and oxygen atoms in total. The topological polar surface area (TPSA) is 52.3 Å². The number of hydrogen-bond acceptors (Lipinski definition) is 3. The molecule has 1 atom stereocenters. The molecule has 112 valence electrons. The second-order valence-electron chi connectivity index (χ2n) is 4.34. The first-order valence-corrected chi connectivity index (χ1v) is 8.47. The first kappa shape index (κ1) is 16.0. The van der Waals surface area contributed by atoms with Crippen molar-refractivity contribution in [1.29, 1.82) is 0 Å². The Kier molecular flexibility index (Phi) is 5.36. The van der Waals surface area contributed by atoms with Crippen molar-refractivity contribution in [2.45, 2.75) is 17.6 Å². The van der Waals surface area contributed by atoms with E-state index >= 15 is 0 Å². The van der Waals surface area contributed by atoms with Crippen LogP contribution < -0.4 is 10.5 Å². The van der Waals surface area contributed by atoms with Crippen LogP contribution in [0.4, 0.5) is 10.1 Å². The number of nitrogen functional groups attached to an aromatic ring is 1. The molecule has 0 saturated carbocycles. The fraction of sp³-hybridized carbons (Fsp3) is 0.200. The molecule has 2 N–H and O–H groups in total. The maximum Gasteiger partial charge on any atom is 0.137 e. The lowest BCUT2D eigenvalue weighted by atomic mass is 10.2. The SMILES string of the molecule is CCOc1ccc(N)c(S(=O)Cc2cccc(F)c2Br)c1. The third-order valence-electron chi connectivity index (χ3n) is 2.86. The summed E-state index contributed by atoms with van der Waals surface area (Å²) in [5.74, 6) is 0.423. The van der Waals surface area contributed by atoms with E-state index < -0.39 is 10.8 Å². The summed E-state index contributed by atoms with van der Waals surface area (Å²) in [6.45, 7) is 2.39. The summed E-state index contributed by atoms with van der Waals surface area (Å²) in [4.78, 5) is 0.497. The highest BCUT2D eigenvalue weighted by Gasteiger charge is 2.13. The van der Waals surface area contributed by atoms with Gasteiger partial charge < -0.3 is 10.5 Å². The summed E-state index contributed by atoms with van der Waals surface area (Å²) in [6, 6.07) is 9.74. The van der Waals surface area contributed by atoms with Gasteiger partial charge in [-0.25, -0.2) is 4.39 Å². The fourth-order valence-electron chi connectivity index (χ4n) is 1.85. The van der Waals surface area contributed by atoms with Crippen molar-refractivity contribution in [2.75, 3.05) is 12.3 Å². The normalized spacial score (nSPS) is 12.1. The zero-order valence-corrected chi connectivity index (χ0v) is 13.8. The van der Waals surface area contributed by atoms with Crippen LogP contribution in [0.15, 0.2) is 45.8 Å². The van der Waals surface area contributed by atoms with Crippen LogP contribution in [-0.2, 0) is 16.6 Å². The van der Waals surface area contributed by atoms with Crippen molar-refractivity contribution >= 4 is 32.4 Å². The van der Waals surface area contributed by atoms with E-state index in [0.29, 0.717) is 33.0 Å². The third kappa shape index (κ3) is 3.83. The zero-order chi connectivity index (χ0) is 15.4. The van der Waals surface area contributed by atoms with Crippen molar-refractivity contribution in [3.63, 3.8) is 0 Å². The van der Waals surface area contributed by atoms with Gasteiger partial charge in [0.15, 0.2) is 0 Å². The molecule has 0 saturated heterocycles. The largest absolute Gasteiger partial charge is 0.494 e. The smallest absolute Gasteiger partial charge is 0.137 e. The number of benzene rings is 2. The van der Waals surface area contributed by atoms with E-state index in [1.165, 1.54) is 6.07 Å². The van der Waals surface area contributed by atoms with Gasteiger partial charge in [0.05, 0.1) is 32.5 Å².